The monoisotopic (exact) mass is 284 g/mol. The van der Waals surface area contributed by atoms with Gasteiger partial charge in [0.2, 0.25) is 5.91 Å². The van der Waals surface area contributed by atoms with E-state index in [0.717, 1.165) is 25.9 Å². The first-order valence-electron chi connectivity index (χ1n) is 6.54. The van der Waals surface area contributed by atoms with E-state index in [1.807, 2.05) is 11.8 Å². The molecule has 0 aliphatic carbocycles. The van der Waals surface area contributed by atoms with Gasteiger partial charge in [0.15, 0.2) is 0 Å². The maximum absolute atomic E-state index is 13.3. The normalized spacial score (nSPS) is 16.7. The van der Waals surface area contributed by atoms with Crippen LogP contribution in [0, 0.1) is 5.82 Å². The Hall–Kier alpha value is -1.13. The Kier molecular flexibility index (Phi) is 4.77. The summed E-state index contributed by atoms with van der Waals surface area (Å²) in [6, 6.07) is 4.42. The minimum atomic E-state index is -0.431. The van der Waals surface area contributed by atoms with E-state index in [9.17, 15) is 9.18 Å². The maximum atomic E-state index is 13.3. The molecule has 1 aliphatic heterocycles. The summed E-state index contributed by atoms with van der Waals surface area (Å²) in [5.41, 5.74) is 0.669. The molecule has 1 fully saturated rings. The highest BCUT2D eigenvalue weighted by Gasteiger charge is 2.22. The first-order valence-corrected chi connectivity index (χ1v) is 6.92. The molecule has 1 saturated heterocycles. The van der Waals surface area contributed by atoms with Gasteiger partial charge in [0.05, 0.1) is 11.1 Å². The van der Waals surface area contributed by atoms with Gasteiger partial charge in [0, 0.05) is 19.6 Å². The fourth-order valence-corrected chi connectivity index (χ4v) is 2.44. The number of amides is 1. The summed E-state index contributed by atoms with van der Waals surface area (Å²) in [5, 5.41) is 3.22. The van der Waals surface area contributed by atoms with Crippen molar-refractivity contribution in [3.63, 3.8) is 0 Å². The predicted octanol–water partition coefficient (Wildman–Crippen LogP) is 2.58. The summed E-state index contributed by atoms with van der Waals surface area (Å²) in [6.07, 6.45) is 2.16. The smallest absolute Gasteiger partial charge is 0.239 e. The minimum Gasteiger partial charge on any atom is -0.341 e. The zero-order chi connectivity index (χ0) is 13.8. The topological polar surface area (TPSA) is 32.3 Å². The molecule has 1 aromatic rings. The van der Waals surface area contributed by atoms with Gasteiger partial charge in [0.25, 0.3) is 0 Å². The van der Waals surface area contributed by atoms with Crippen LogP contribution in [-0.2, 0) is 11.3 Å². The molecule has 104 valence electrons. The average Bonchev–Trinajstić information content (AvgIpc) is 2.93. The lowest BCUT2D eigenvalue weighted by Gasteiger charge is -2.21. The van der Waals surface area contributed by atoms with Crippen molar-refractivity contribution in [2.75, 3.05) is 13.1 Å². The quantitative estimate of drug-likeness (QED) is 0.922. The van der Waals surface area contributed by atoms with E-state index < -0.39 is 5.82 Å². The summed E-state index contributed by atoms with van der Waals surface area (Å²) < 4.78 is 13.3. The second-order valence-electron chi connectivity index (χ2n) is 4.85. The largest absolute Gasteiger partial charge is 0.341 e. The number of rotatable bonds is 4. The van der Waals surface area contributed by atoms with Crippen molar-refractivity contribution in [1.82, 2.24) is 10.2 Å². The van der Waals surface area contributed by atoms with Crippen LogP contribution in [0.2, 0.25) is 5.02 Å². The molecule has 1 aromatic carbocycles. The van der Waals surface area contributed by atoms with Crippen molar-refractivity contribution in [2.24, 2.45) is 0 Å². The molecule has 5 heteroatoms. The van der Waals surface area contributed by atoms with Crippen molar-refractivity contribution in [1.29, 1.82) is 0 Å². The van der Waals surface area contributed by atoms with Gasteiger partial charge in [-0.3, -0.25) is 4.79 Å². The molecule has 0 bridgehead atoms. The fourth-order valence-electron chi connectivity index (χ4n) is 2.25. The van der Waals surface area contributed by atoms with Crippen LogP contribution in [0.3, 0.4) is 0 Å². The molecule has 1 unspecified atom stereocenters. The molecule has 1 N–H and O–H groups in total. The van der Waals surface area contributed by atoms with Gasteiger partial charge in [0.1, 0.15) is 5.82 Å². The van der Waals surface area contributed by atoms with Crippen LogP contribution >= 0.6 is 11.6 Å². The van der Waals surface area contributed by atoms with Crippen molar-refractivity contribution in [3.8, 4) is 0 Å². The molecular formula is C14H18ClFN2O. The molecule has 0 saturated carbocycles. The van der Waals surface area contributed by atoms with Crippen molar-refractivity contribution in [2.45, 2.75) is 32.4 Å². The van der Waals surface area contributed by atoms with Crippen molar-refractivity contribution >= 4 is 17.5 Å². The molecule has 3 nitrogen and oxygen atoms in total. The van der Waals surface area contributed by atoms with E-state index in [0.29, 0.717) is 12.1 Å². The van der Waals surface area contributed by atoms with Gasteiger partial charge in [-0.25, -0.2) is 4.39 Å². The van der Waals surface area contributed by atoms with Gasteiger partial charge < -0.3 is 10.2 Å². The summed E-state index contributed by atoms with van der Waals surface area (Å²) in [4.78, 5) is 13.9. The predicted molar refractivity (Wildman–Crippen MR) is 73.5 cm³/mol. The maximum Gasteiger partial charge on any atom is 0.239 e. The summed E-state index contributed by atoms with van der Waals surface area (Å²) in [7, 11) is 0. The standard InChI is InChI=1S/C14H18ClFN2O/c1-10(14(19)18-7-2-3-8-18)17-9-11-5-4-6-12(16)13(11)15/h4-6,10,17H,2-3,7-9H2,1H3. The zero-order valence-corrected chi connectivity index (χ0v) is 11.7. The summed E-state index contributed by atoms with van der Waals surface area (Å²) in [6.45, 7) is 3.89. The van der Waals surface area contributed by atoms with E-state index in [4.69, 9.17) is 11.6 Å². The molecule has 0 radical (unpaired) electrons. The van der Waals surface area contributed by atoms with E-state index in [-0.39, 0.29) is 17.0 Å². The van der Waals surface area contributed by atoms with Gasteiger partial charge >= 0.3 is 0 Å². The number of hydrogen-bond donors (Lipinski definition) is 1. The molecule has 0 spiro atoms. The zero-order valence-electron chi connectivity index (χ0n) is 11.0. The Morgan fingerprint density at radius 3 is 2.84 bits per heavy atom. The molecule has 1 atom stereocenters. The second kappa shape index (κ2) is 6.35. The van der Waals surface area contributed by atoms with Crippen molar-refractivity contribution in [3.05, 3.63) is 34.6 Å². The second-order valence-corrected chi connectivity index (χ2v) is 5.23. The first kappa shape index (κ1) is 14.3. The Bertz CT molecular complexity index is 461. The Balaban J connectivity index is 1.90. The first-order chi connectivity index (χ1) is 9.09. The molecule has 0 aromatic heterocycles. The Labute approximate surface area is 117 Å². The highest BCUT2D eigenvalue weighted by Crippen LogP contribution is 2.19. The van der Waals surface area contributed by atoms with Gasteiger partial charge in [-0.05, 0) is 31.4 Å². The number of nitrogens with zero attached hydrogens (tertiary/aromatic N) is 1. The third-order valence-electron chi connectivity index (χ3n) is 3.42. The number of carbonyl (C=O) groups is 1. The van der Waals surface area contributed by atoms with Crippen LogP contribution in [0.5, 0.6) is 0 Å². The van der Waals surface area contributed by atoms with Crippen molar-refractivity contribution < 1.29 is 9.18 Å². The van der Waals surface area contributed by atoms with Gasteiger partial charge in [-0.2, -0.15) is 0 Å². The lowest BCUT2D eigenvalue weighted by molar-refractivity contribution is -0.131. The Morgan fingerprint density at radius 1 is 1.47 bits per heavy atom. The van der Waals surface area contributed by atoms with E-state index >= 15 is 0 Å². The van der Waals surface area contributed by atoms with Crippen LogP contribution in [0.4, 0.5) is 4.39 Å². The van der Waals surface area contributed by atoms with Crippen LogP contribution in [0.25, 0.3) is 0 Å². The number of nitrogens with one attached hydrogen (secondary N) is 1. The van der Waals surface area contributed by atoms with Gasteiger partial charge in [-0.1, -0.05) is 23.7 Å². The highest BCUT2D eigenvalue weighted by atomic mass is 35.5. The molecule has 1 heterocycles. The van der Waals surface area contributed by atoms with E-state index in [1.165, 1.54) is 6.07 Å². The number of hydrogen-bond acceptors (Lipinski definition) is 2. The Morgan fingerprint density at radius 2 is 2.16 bits per heavy atom. The summed E-state index contributed by atoms with van der Waals surface area (Å²) >= 11 is 5.87. The third kappa shape index (κ3) is 3.45. The highest BCUT2D eigenvalue weighted by molar-refractivity contribution is 6.31. The van der Waals surface area contributed by atoms with Crippen LogP contribution in [0.15, 0.2) is 18.2 Å². The number of benzene rings is 1. The van der Waals surface area contributed by atoms with Crippen LogP contribution < -0.4 is 5.32 Å². The lowest BCUT2D eigenvalue weighted by atomic mass is 10.2. The average molecular weight is 285 g/mol. The number of halogens is 2. The van der Waals surface area contributed by atoms with Crippen LogP contribution in [-0.4, -0.2) is 29.9 Å². The molecule has 1 aliphatic rings. The lowest BCUT2D eigenvalue weighted by Crippen LogP contribution is -2.43. The SMILES string of the molecule is CC(NCc1cccc(F)c1Cl)C(=O)N1CCCC1. The van der Waals surface area contributed by atoms with Gasteiger partial charge in [-0.15, -0.1) is 0 Å². The van der Waals surface area contributed by atoms with E-state index in [1.54, 1.807) is 12.1 Å². The van der Waals surface area contributed by atoms with Crippen LogP contribution in [0.1, 0.15) is 25.3 Å². The summed E-state index contributed by atoms with van der Waals surface area (Å²) in [5.74, 6) is -0.329. The third-order valence-corrected chi connectivity index (χ3v) is 3.84. The molecule has 2 rings (SSSR count). The number of likely N-dealkylation sites (tertiary alicyclic amines) is 1. The van der Waals surface area contributed by atoms with E-state index in [2.05, 4.69) is 5.32 Å². The number of carbonyl (C=O) groups excluding carboxylic acids is 1. The molecular weight excluding hydrogens is 267 g/mol. The fraction of sp³-hybridized carbons (Fsp3) is 0.500. The molecule has 1 amide bonds. The minimum absolute atomic E-state index is 0.102. The molecule has 19 heavy (non-hydrogen) atoms.